The van der Waals surface area contributed by atoms with Gasteiger partial charge in [0.1, 0.15) is 0 Å². The Hall–Kier alpha value is -0.523. The Morgan fingerprint density at radius 1 is 0.600 bits per heavy atom. The third kappa shape index (κ3) is 6.49. The summed E-state index contributed by atoms with van der Waals surface area (Å²) in [6.07, 6.45) is 0. The molecule has 35 heavy (non-hydrogen) atoms. The predicted molar refractivity (Wildman–Crippen MR) is 143 cm³/mol. The first kappa shape index (κ1) is 30.7. The smallest absolute Gasteiger partial charge is 0.408 e. The zero-order valence-corrected chi connectivity index (χ0v) is 28.4. The van der Waals surface area contributed by atoms with Gasteiger partial charge in [0.15, 0.2) is 0 Å². The summed E-state index contributed by atoms with van der Waals surface area (Å²) in [5.41, 5.74) is 1.80. The SMILES string of the molecule is CO[Si](OC)(OC)c1ccc2nc([S-])sc2c1.CO[Si](OC)(OC)c1ccc2nc([S-])sc2c1.[Zn+2]. The molecule has 0 amide bonds. The molecule has 0 atom stereocenters. The third-order valence-electron chi connectivity index (χ3n) is 5.06. The van der Waals surface area contributed by atoms with Gasteiger partial charge in [0.2, 0.25) is 0 Å². The summed E-state index contributed by atoms with van der Waals surface area (Å²) in [5.74, 6) is 0. The molecule has 4 rings (SSSR count). The summed E-state index contributed by atoms with van der Waals surface area (Å²) < 4.78 is 35.9. The number of rotatable bonds is 8. The molecule has 0 unspecified atom stereocenters. The van der Waals surface area contributed by atoms with Crippen molar-refractivity contribution >= 4 is 96.3 Å². The fourth-order valence-corrected chi connectivity index (χ4v) is 9.44. The van der Waals surface area contributed by atoms with E-state index in [1.807, 2.05) is 36.4 Å². The number of thiazole rings is 2. The van der Waals surface area contributed by atoms with E-state index in [1.54, 1.807) is 42.7 Å². The Morgan fingerprint density at radius 2 is 0.914 bits per heavy atom. The third-order valence-corrected chi connectivity index (χ3v) is 12.6. The fourth-order valence-electron chi connectivity index (χ4n) is 3.39. The van der Waals surface area contributed by atoms with Crippen molar-refractivity contribution in [3.8, 4) is 0 Å². The minimum atomic E-state index is -2.76. The van der Waals surface area contributed by atoms with Gasteiger partial charge in [0, 0.05) is 53.0 Å². The molecule has 0 N–H and O–H groups in total. The molecule has 0 saturated heterocycles. The van der Waals surface area contributed by atoms with Crippen molar-refractivity contribution in [1.29, 1.82) is 0 Å². The molecule has 4 aromatic rings. The van der Waals surface area contributed by atoms with Crippen LogP contribution >= 0.6 is 22.7 Å². The molecule has 15 heteroatoms. The summed E-state index contributed by atoms with van der Waals surface area (Å²) in [6, 6.07) is 11.6. The van der Waals surface area contributed by atoms with E-state index in [9.17, 15) is 0 Å². The molecule has 0 fully saturated rings. The van der Waals surface area contributed by atoms with Crippen LogP contribution in [0.1, 0.15) is 0 Å². The molecule has 2 aromatic carbocycles. The Morgan fingerprint density at radius 3 is 1.20 bits per heavy atom. The first-order valence-corrected chi connectivity index (χ1v) is 15.7. The van der Waals surface area contributed by atoms with E-state index in [0.717, 1.165) is 30.8 Å². The molecule has 2 heterocycles. The van der Waals surface area contributed by atoms with Gasteiger partial charge in [-0.1, -0.05) is 24.3 Å². The van der Waals surface area contributed by atoms with Gasteiger partial charge < -0.3 is 74.5 Å². The van der Waals surface area contributed by atoms with Crippen LogP contribution in [0, 0.1) is 0 Å². The molecule has 0 aliphatic heterocycles. The van der Waals surface area contributed by atoms with Gasteiger partial charge in [-0.3, -0.25) is 9.97 Å². The van der Waals surface area contributed by atoms with Gasteiger partial charge >= 0.3 is 37.1 Å². The van der Waals surface area contributed by atoms with Crippen LogP contribution in [0.4, 0.5) is 0 Å². The van der Waals surface area contributed by atoms with Crippen LogP contribution in [0.25, 0.3) is 20.4 Å². The standard InChI is InChI=1S/2C10H13NO3S2Si.Zn/c2*1-12-17(13-2,14-3)7-4-5-8-9(6-7)16-10(15)11-8;/h2*4-6H,1-3H3,(H,11,15);/q;;+2/p-2. The van der Waals surface area contributed by atoms with Gasteiger partial charge in [-0.25, -0.2) is 0 Å². The Balaban J connectivity index is 0.000000240. The number of hydrogen-bond acceptors (Lipinski definition) is 12. The van der Waals surface area contributed by atoms with Crippen LogP contribution in [-0.4, -0.2) is 70.2 Å². The fraction of sp³-hybridized carbons (Fsp3) is 0.300. The molecule has 0 spiro atoms. The van der Waals surface area contributed by atoms with Crippen LogP contribution in [0.2, 0.25) is 0 Å². The molecule has 2 aromatic heterocycles. The predicted octanol–water partition coefficient (Wildman–Crippen LogP) is 2.57. The minimum Gasteiger partial charge on any atom is -0.408 e. The second kappa shape index (κ2) is 13.3. The minimum absolute atomic E-state index is 0. The zero-order chi connectivity index (χ0) is 24.9. The largest absolute Gasteiger partial charge is 2.00 e. The monoisotopic (exact) mass is 636 g/mol. The van der Waals surface area contributed by atoms with Crippen LogP contribution in [0.3, 0.4) is 0 Å². The maximum Gasteiger partial charge on any atom is 2.00 e. The summed E-state index contributed by atoms with van der Waals surface area (Å²) in [4.78, 5) is 8.48. The average Bonchev–Trinajstić information content (AvgIpc) is 3.42. The normalized spacial score (nSPS) is 11.8. The molecule has 0 aliphatic carbocycles. The van der Waals surface area contributed by atoms with Crippen molar-refractivity contribution in [3.63, 3.8) is 0 Å². The second-order valence-corrected chi connectivity index (χ2v) is 15.8. The zero-order valence-electron chi connectivity index (χ0n) is 20.1. The Bertz CT molecular complexity index is 1140. The van der Waals surface area contributed by atoms with Crippen LogP contribution < -0.4 is 10.4 Å². The quantitative estimate of drug-likeness (QED) is 0.212. The Kier molecular flexibility index (Phi) is 11.7. The van der Waals surface area contributed by atoms with Crippen molar-refractivity contribution < 1.29 is 46.0 Å². The van der Waals surface area contributed by atoms with Crippen LogP contribution in [-0.2, 0) is 71.3 Å². The van der Waals surface area contributed by atoms with Crippen molar-refractivity contribution in [2.45, 2.75) is 8.68 Å². The number of benzene rings is 2. The number of hydrogen-bond donors (Lipinski definition) is 0. The Labute approximate surface area is 238 Å². The van der Waals surface area contributed by atoms with Gasteiger partial charge in [-0.05, 0) is 30.2 Å². The maximum atomic E-state index is 5.43. The van der Waals surface area contributed by atoms with E-state index in [2.05, 4.69) is 9.97 Å². The second-order valence-electron chi connectivity index (χ2n) is 6.66. The molecule has 184 valence electrons. The summed E-state index contributed by atoms with van der Waals surface area (Å²) >= 11 is 13.1. The van der Waals surface area contributed by atoms with Gasteiger partial charge in [0.25, 0.3) is 0 Å². The van der Waals surface area contributed by atoms with E-state index in [0.29, 0.717) is 8.68 Å². The van der Waals surface area contributed by atoms with E-state index < -0.39 is 17.6 Å². The molecular formula is C20H24N2O6S4Si2Zn. The first-order valence-electron chi connectivity index (χ1n) is 9.77. The number of aromatic nitrogens is 2. The molecule has 0 radical (unpaired) electrons. The van der Waals surface area contributed by atoms with Gasteiger partial charge in [-0.2, -0.15) is 0 Å². The summed E-state index contributed by atoms with van der Waals surface area (Å²) in [6.45, 7) is 0. The number of fused-ring (bicyclic) bond motifs is 2. The first-order chi connectivity index (χ1) is 16.3. The number of nitrogens with zero attached hydrogens (tertiary/aromatic N) is 2. The molecule has 0 bridgehead atoms. The van der Waals surface area contributed by atoms with Gasteiger partial charge in [-0.15, -0.1) is 0 Å². The average molecular weight is 638 g/mol. The van der Waals surface area contributed by atoms with Crippen molar-refractivity contribution in [3.05, 3.63) is 36.4 Å². The van der Waals surface area contributed by atoms with E-state index in [-0.39, 0.29) is 19.5 Å². The van der Waals surface area contributed by atoms with Crippen molar-refractivity contribution in [2.75, 3.05) is 42.7 Å². The molecule has 0 saturated carbocycles. The topological polar surface area (TPSA) is 81.2 Å². The van der Waals surface area contributed by atoms with Crippen LogP contribution in [0.15, 0.2) is 45.1 Å². The maximum absolute atomic E-state index is 5.43. The molecular weight excluding hydrogens is 614 g/mol. The van der Waals surface area contributed by atoms with Gasteiger partial charge in [0.05, 0.1) is 11.0 Å². The van der Waals surface area contributed by atoms with Crippen molar-refractivity contribution in [2.24, 2.45) is 0 Å². The van der Waals surface area contributed by atoms with Crippen LogP contribution in [0.5, 0.6) is 0 Å². The molecule has 8 nitrogen and oxygen atoms in total. The molecule has 0 aliphatic rings. The van der Waals surface area contributed by atoms with E-state index in [1.165, 1.54) is 22.7 Å². The van der Waals surface area contributed by atoms with Crippen molar-refractivity contribution in [1.82, 2.24) is 9.97 Å². The van der Waals surface area contributed by atoms with E-state index >= 15 is 0 Å². The summed E-state index contributed by atoms with van der Waals surface area (Å²) in [5, 5.41) is 1.83. The van der Waals surface area contributed by atoms with E-state index in [4.69, 9.17) is 51.8 Å². The summed E-state index contributed by atoms with van der Waals surface area (Å²) in [7, 11) is 4.04.